The molecule has 0 aliphatic heterocycles. The van der Waals surface area contributed by atoms with E-state index < -0.39 is 17.8 Å². The van der Waals surface area contributed by atoms with Gasteiger partial charge in [-0.3, -0.25) is 14.7 Å². The standard InChI is InChI=1S/C26H30FN5O2/c27-20-11-9-19(10-12-20)25(33)31-23(26(34)29-17-21-13-15-30-32-21)8-4-5-14-28-24-16-22(24)18-6-2-1-3-7-18/h1-3,6-7,9-13,15,22-24,28H,4-5,8,14,16-17H2,(H,29,34)(H,30,32)(H,31,33). The number of hydrogen-bond acceptors (Lipinski definition) is 4. The van der Waals surface area contributed by atoms with Crippen LogP contribution in [0.25, 0.3) is 0 Å². The van der Waals surface area contributed by atoms with E-state index in [1.807, 2.05) is 6.07 Å². The number of amides is 2. The highest BCUT2D eigenvalue weighted by Crippen LogP contribution is 2.40. The van der Waals surface area contributed by atoms with Gasteiger partial charge in [0.05, 0.1) is 12.2 Å². The second-order valence-corrected chi connectivity index (χ2v) is 8.64. The summed E-state index contributed by atoms with van der Waals surface area (Å²) in [5.74, 6) is -0.492. The van der Waals surface area contributed by atoms with Crippen molar-refractivity contribution in [3.63, 3.8) is 0 Å². The van der Waals surface area contributed by atoms with E-state index in [-0.39, 0.29) is 5.91 Å². The van der Waals surface area contributed by atoms with Crippen LogP contribution in [0.2, 0.25) is 0 Å². The van der Waals surface area contributed by atoms with Gasteiger partial charge in [0.2, 0.25) is 5.91 Å². The van der Waals surface area contributed by atoms with Crippen molar-refractivity contribution in [3.05, 3.63) is 89.5 Å². The lowest BCUT2D eigenvalue weighted by molar-refractivity contribution is -0.123. The van der Waals surface area contributed by atoms with Crippen molar-refractivity contribution in [2.75, 3.05) is 6.54 Å². The lowest BCUT2D eigenvalue weighted by Crippen LogP contribution is -2.46. The van der Waals surface area contributed by atoms with Crippen LogP contribution < -0.4 is 16.0 Å². The van der Waals surface area contributed by atoms with Crippen molar-refractivity contribution < 1.29 is 14.0 Å². The van der Waals surface area contributed by atoms with E-state index in [0.717, 1.165) is 31.5 Å². The second-order valence-electron chi connectivity index (χ2n) is 8.64. The average Bonchev–Trinajstić information content (AvgIpc) is 3.44. The van der Waals surface area contributed by atoms with Crippen molar-refractivity contribution in [1.82, 2.24) is 26.1 Å². The Morgan fingerprint density at radius 3 is 2.59 bits per heavy atom. The molecule has 1 heterocycles. The van der Waals surface area contributed by atoms with Gasteiger partial charge in [0.15, 0.2) is 0 Å². The third-order valence-electron chi connectivity index (χ3n) is 6.08. The minimum Gasteiger partial charge on any atom is -0.349 e. The smallest absolute Gasteiger partial charge is 0.251 e. The van der Waals surface area contributed by atoms with E-state index in [9.17, 15) is 14.0 Å². The van der Waals surface area contributed by atoms with E-state index in [0.29, 0.717) is 30.5 Å². The molecule has 1 saturated carbocycles. The number of unbranched alkanes of at least 4 members (excludes halogenated alkanes) is 1. The van der Waals surface area contributed by atoms with Crippen molar-refractivity contribution in [1.29, 1.82) is 0 Å². The molecule has 1 aliphatic carbocycles. The zero-order valence-electron chi connectivity index (χ0n) is 19.0. The normalized spacial score (nSPS) is 17.7. The van der Waals surface area contributed by atoms with Gasteiger partial charge in [-0.1, -0.05) is 30.3 Å². The Bertz CT molecular complexity index is 1060. The second kappa shape index (κ2) is 11.6. The maximum Gasteiger partial charge on any atom is 0.251 e. The molecule has 3 unspecified atom stereocenters. The first-order valence-electron chi connectivity index (χ1n) is 11.7. The van der Waals surface area contributed by atoms with Crippen molar-refractivity contribution >= 4 is 11.8 Å². The molecule has 0 bridgehead atoms. The summed E-state index contributed by atoms with van der Waals surface area (Å²) in [5, 5.41) is 15.9. The van der Waals surface area contributed by atoms with Crippen LogP contribution in [0.1, 0.15) is 53.2 Å². The molecule has 0 spiro atoms. The van der Waals surface area contributed by atoms with Gasteiger partial charge in [-0.2, -0.15) is 5.10 Å². The maximum atomic E-state index is 13.2. The number of nitrogens with zero attached hydrogens (tertiary/aromatic N) is 1. The minimum absolute atomic E-state index is 0.260. The molecule has 4 rings (SSSR count). The fourth-order valence-electron chi connectivity index (χ4n) is 4.05. The first-order valence-corrected chi connectivity index (χ1v) is 11.7. The quantitative estimate of drug-likeness (QED) is 0.310. The maximum absolute atomic E-state index is 13.2. The molecule has 0 saturated heterocycles. The Labute approximate surface area is 198 Å². The minimum atomic E-state index is -0.682. The molecule has 8 heteroatoms. The van der Waals surface area contributed by atoms with E-state index in [4.69, 9.17) is 0 Å². The summed E-state index contributed by atoms with van der Waals surface area (Å²) >= 11 is 0. The van der Waals surface area contributed by atoms with Crippen LogP contribution in [-0.2, 0) is 11.3 Å². The largest absolute Gasteiger partial charge is 0.349 e. The Morgan fingerprint density at radius 2 is 1.85 bits per heavy atom. The average molecular weight is 464 g/mol. The summed E-state index contributed by atoms with van der Waals surface area (Å²) < 4.78 is 13.2. The number of halogens is 1. The zero-order chi connectivity index (χ0) is 23.8. The molecular weight excluding hydrogens is 433 g/mol. The predicted molar refractivity (Wildman–Crippen MR) is 128 cm³/mol. The number of aromatic amines is 1. The highest BCUT2D eigenvalue weighted by molar-refractivity contribution is 5.97. The lowest BCUT2D eigenvalue weighted by atomic mass is 10.1. The van der Waals surface area contributed by atoms with Gasteiger partial charge in [-0.05, 0) is 68.1 Å². The summed E-state index contributed by atoms with van der Waals surface area (Å²) in [4.78, 5) is 25.4. The van der Waals surface area contributed by atoms with Crippen LogP contribution in [-0.4, -0.2) is 40.6 Å². The number of hydrogen-bond donors (Lipinski definition) is 4. The van der Waals surface area contributed by atoms with E-state index in [2.05, 4.69) is 50.4 Å². The molecule has 1 fully saturated rings. The highest BCUT2D eigenvalue weighted by Gasteiger charge is 2.37. The molecule has 3 atom stereocenters. The van der Waals surface area contributed by atoms with E-state index in [1.165, 1.54) is 29.8 Å². The summed E-state index contributed by atoms with van der Waals surface area (Å²) in [6.45, 7) is 1.16. The first-order chi connectivity index (χ1) is 16.6. The fraction of sp³-hybridized carbons (Fsp3) is 0.346. The van der Waals surface area contributed by atoms with Gasteiger partial charge in [0, 0.05) is 23.7 Å². The van der Waals surface area contributed by atoms with Crippen LogP contribution >= 0.6 is 0 Å². The van der Waals surface area contributed by atoms with Gasteiger partial charge >= 0.3 is 0 Å². The summed E-state index contributed by atoms with van der Waals surface area (Å²) in [7, 11) is 0. The Morgan fingerprint density at radius 1 is 1.06 bits per heavy atom. The van der Waals surface area contributed by atoms with Crippen LogP contribution in [0, 0.1) is 5.82 Å². The molecule has 2 amide bonds. The molecule has 4 N–H and O–H groups in total. The number of benzene rings is 2. The zero-order valence-corrected chi connectivity index (χ0v) is 19.0. The molecule has 34 heavy (non-hydrogen) atoms. The van der Waals surface area contributed by atoms with Crippen LogP contribution in [0.5, 0.6) is 0 Å². The Kier molecular flexibility index (Phi) is 8.04. The van der Waals surface area contributed by atoms with Crippen LogP contribution in [0.15, 0.2) is 66.9 Å². The molecule has 178 valence electrons. The first kappa shape index (κ1) is 23.6. The summed E-state index contributed by atoms with van der Waals surface area (Å²) in [5.41, 5.74) is 2.46. The molecule has 1 aromatic heterocycles. The van der Waals surface area contributed by atoms with Crippen molar-refractivity contribution in [2.45, 2.75) is 50.2 Å². The SMILES string of the molecule is O=C(NC(CCCCNC1CC1c1ccccc1)C(=O)NCc1ccn[nH]1)c1ccc(F)cc1. The Balaban J connectivity index is 1.24. The number of nitrogens with one attached hydrogen (secondary N) is 4. The topological polar surface area (TPSA) is 98.9 Å². The Hall–Kier alpha value is -3.52. The summed E-state index contributed by atoms with van der Waals surface area (Å²) in [6, 6.07) is 17.4. The van der Waals surface area contributed by atoms with Crippen molar-refractivity contribution in [3.8, 4) is 0 Å². The molecule has 1 aliphatic rings. The number of carbonyl (C=O) groups is 2. The van der Waals surface area contributed by atoms with Gasteiger partial charge < -0.3 is 16.0 Å². The van der Waals surface area contributed by atoms with Crippen molar-refractivity contribution in [2.24, 2.45) is 0 Å². The monoisotopic (exact) mass is 463 g/mol. The van der Waals surface area contributed by atoms with Crippen LogP contribution in [0.3, 0.4) is 0 Å². The number of carbonyl (C=O) groups excluding carboxylic acids is 2. The van der Waals surface area contributed by atoms with E-state index in [1.54, 1.807) is 12.3 Å². The van der Waals surface area contributed by atoms with Gasteiger partial charge in [0.1, 0.15) is 11.9 Å². The molecule has 3 aromatic rings. The third-order valence-corrected chi connectivity index (χ3v) is 6.08. The molecular formula is C26H30FN5O2. The molecule has 0 radical (unpaired) electrons. The molecule has 2 aromatic carbocycles. The fourth-order valence-corrected chi connectivity index (χ4v) is 4.05. The van der Waals surface area contributed by atoms with Gasteiger partial charge in [-0.15, -0.1) is 0 Å². The highest BCUT2D eigenvalue weighted by atomic mass is 19.1. The molecule has 7 nitrogen and oxygen atoms in total. The van der Waals surface area contributed by atoms with Gasteiger partial charge in [0.25, 0.3) is 5.91 Å². The van der Waals surface area contributed by atoms with E-state index >= 15 is 0 Å². The lowest BCUT2D eigenvalue weighted by Gasteiger charge is -2.18. The number of rotatable bonds is 12. The third kappa shape index (κ3) is 6.74. The summed E-state index contributed by atoms with van der Waals surface area (Å²) in [6.07, 6.45) is 4.95. The van der Waals surface area contributed by atoms with Gasteiger partial charge in [-0.25, -0.2) is 4.39 Å². The predicted octanol–water partition coefficient (Wildman–Crippen LogP) is 3.28. The van der Waals surface area contributed by atoms with Crippen LogP contribution in [0.4, 0.5) is 4.39 Å². The number of H-pyrrole nitrogens is 1. The number of aromatic nitrogens is 2.